The van der Waals surface area contributed by atoms with Crippen molar-refractivity contribution in [2.24, 2.45) is 0 Å². The molecule has 0 atom stereocenters. The number of hydrogen-bond donors (Lipinski definition) is 1. The largest absolute Gasteiger partial charge is 0.383 e. The molecule has 1 rings (SSSR count). The molecule has 4 heteroatoms. The number of carbonyl (C=O) groups is 1. The fourth-order valence-corrected chi connectivity index (χ4v) is 0.902. The Morgan fingerprint density at radius 1 is 1.64 bits per heavy atom. The summed E-state index contributed by atoms with van der Waals surface area (Å²) in [5.41, 5.74) is 5.82. The molecule has 0 amide bonds. The average molecular weight is 171 g/mol. The van der Waals surface area contributed by atoms with Crippen LogP contribution in [0.1, 0.15) is 17.3 Å². The van der Waals surface area contributed by atoms with Crippen molar-refractivity contribution in [2.75, 3.05) is 5.73 Å². The van der Waals surface area contributed by atoms with Crippen molar-refractivity contribution < 1.29 is 4.79 Å². The quantitative estimate of drug-likeness (QED) is 0.514. The van der Waals surface area contributed by atoms with Gasteiger partial charge in [0.15, 0.2) is 5.78 Å². The van der Waals surface area contributed by atoms with Gasteiger partial charge in [0.05, 0.1) is 5.56 Å². The molecule has 0 unspecified atom stereocenters. The summed E-state index contributed by atoms with van der Waals surface area (Å²) in [5, 5.41) is 0.299. The van der Waals surface area contributed by atoms with Gasteiger partial charge in [-0.2, -0.15) is 0 Å². The van der Waals surface area contributed by atoms with E-state index < -0.39 is 0 Å². The van der Waals surface area contributed by atoms with Gasteiger partial charge in [-0.15, -0.1) is 0 Å². The minimum absolute atomic E-state index is 0.105. The number of nitrogens with two attached hydrogens (primary N) is 1. The van der Waals surface area contributed by atoms with Crippen molar-refractivity contribution in [1.29, 1.82) is 0 Å². The van der Waals surface area contributed by atoms with Crippen molar-refractivity contribution in [1.82, 2.24) is 4.98 Å². The van der Waals surface area contributed by atoms with Gasteiger partial charge in [-0.05, 0) is 19.1 Å². The monoisotopic (exact) mass is 170 g/mol. The maximum atomic E-state index is 10.8. The van der Waals surface area contributed by atoms with Crippen LogP contribution >= 0.6 is 11.6 Å². The number of rotatable bonds is 1. The zero-order valence-electron chi connectivity index (χ0n) is 5.97. The molecule has 2 N–H and O–H groups in total. The zero-order valence-corrected chi connectivity index (χ0v) is 6.72. The highest BCUT2D eigenvalue weighted by Crippen LogP contribution is 2.13. The van der Waals surface area contributed by atoms with Crippen LogP contribution in [0.5, 0.6) is 0 Å². The lowest BCUT2D eigenvalue weighted by atomic mass is 10.2. The van der Waals surface area contributed by atoms with Crippen LogP contribution in [0.25, 0.3) is 0 Å². The second-order valence-corrected chi connectivity index (χ2v) is 2.51. The van der Waals surface area contributed by atoms with Crippen molar-refractivity contribution in [2.45, 2.75) is 6.92 Å². The summed E-state index contributed by atoms with van der Waals surface area (Å²) in [5.74, 6) is 0.0802. The van der Waals surface area contributed by atoms with Gasteiger partial charge in [0, 0.05) is 0 Å². The number of anilines is 1. The van der Waals surface area contributed by atoms with E-state index in [1.807, 2.05) is 0 Å². The van der Waals surface area contributed by atoms with E-state index in [0.717, 1.165) is 0 Å². The number of nitrogens with zero attached hydrogens (tertiary/aromatic N) is 1. The predicted molar refractivity (Wildman–Crippen MR) is 43.7 cm³/mol. The second kappa shape index (κ2) is 2.88. The molecule has 0 saturated heterocycles. The van der Waals surface area contributed by atoms with Crippen LogP contribution in [0, 0.1) is 0 Å². The maximum absolute atomic E-state index is 10.8. The van der Waals surface area contributed by atoms with Crippen molar-refractivity contribution >= 4 is 23.2 Å². The number of pyridine rings is 1. The van der Waals surface area contributed by atoms with E-state index in [-0.39, 0.29) is 11.6 Å². The minimum Gasteiger partial charge on any atom is -0.383 e. The van der Waals surface area contributed by atoms with Crippen molar-refractivity contribution in [3.8, 4) is 0 Å². The normalized spacial score (nSPS) is 9.64. The number of carbonyl (C=O) groups excluding carboxylic acids is 1. The molecule has 1 heterocycles. The number of hydrogen-bond acceptors (Lipinski definition) is 3. The lowest BCUT2D eigenvalue weighted by Gasteiger charge is -1.98. The topological polar surface area (TPSA) is 56.0 Å². The van der Waals surface area contributed by atoms with E-state index >= 15 is 0 Å². The molecule has 0 aliphatic heterocycles. The van der Waals surface area contributed by atoms with Crippen LogP contribution in [0.3, 0.4) is 0 Å². The zero-order chi connectivity index (χ0) is 8.43. The molecule has 0 saturated carbocycles. The standard InChI is InChI=1S/C7H7ClN2O/c1-4(11)5-2-3-6(8)10-7(5)9/h2-3H,1H3,(H2,9,10). The molecule has 11 heavy (non-hydrogen) atoms. The first-order valence-electron chi connectivity index (χ1n) is 3.04. The highest BCUT2D eigenvalue weighted by molar-refractivity contribution is 6.29. The lowest BCUT2D eigenvalue weighted by Crippen LogP contribution is -2.01. The minimum atomic E-state index is -0.105. The molecule has 0 bridgehead atoms. The van der Waals surface area contributed by atoms with Gasteiger partial charge in [-0.3, -0.25) is 4.79 Å². The lowest BCUT2D eigenvalue weighted by molar-refractivity contribution is 0.101. The van der Waals surface area contributed by atoms with Gasteiger partial charge in [0.2, 0.25) is 0 Å². The number of nitrogen functional groups attached to an aromatic ring is 1. The van der Waals surface area contributed by atoms with E-state index in [0.29, 0.717) is 10.7 Å². The van der Waals surface area contributed by atoms with E-state index in [4.69, 9.17) is 17.3 Å². The summed E-state index contributed by atoms with van der Waals surface area (Å²) in [6.45, 7) is 1.43. The Morgan fingerprint density at radius 3 is 2.73 bits per heavy atom. The fraction of sp³-hybridized carbons (Fsp3) is 0.143. The van der Waals surface area contributed by atoms with Crippen molar-refractivity contribution in [3.63, 3.8) is 0 Å². The molecular formula is C7H7ClN2O. The Balaban J connectivity index is 3.20. The van der Waals surface area contributed by atoms with E-state index in [9.17, 15) is 4.79 Å². The molecule has 0 fully saturated rings. The summed E-state index contributed by atoms with van der Waals surface area (Å²) in [6.07, 6.45) is 0. The summed E-state index contributed by atoms with van der Waals surface area (Å²) >= 11 is 5.52. The molecule has 0 aliphatic rings. The highest BCUT2D eigenvalue weighted by atomic mass is 35.5. The van der Waals surface area contributed by atoms with Gasteiger partial charge in [-0.1, -0.05) is 11.6 Å². The number of aromatic nitrogens is 1. The molecule has 0 aliphatic carbocycles. The Labute approximate surface area is 69.2 Å². The molecule has 0 spiro atoms. The van der Waals surface area contributed by atoms with Crippen LogP contribution in [-0.2, 0) is 0 Å². The maximum Gasteiger partial charge on any atom is 0.163 e. The van der Waals surface area contributed by atoms with Crippen LogP contribution in [-0.4, -0.2) is 10.8 Å². The smallest absolute Gasteiger partial charge is 0.163 e. The van der Waals surface area contributed by atoms with Gasteiger partial charge < -0.3 is 5.73 Å². The Kier molecular flexibility index (Phi) is 2.10. The summed E-state index contributed by atoms with van der Waals surface area (Å²) in [6, 6.07) is 3.10. The SMILES string of the molecule is CC(=O)c1ccc(Cl)nc1N. The Bertz CT molecular complexity index is 298. The number of Topliss-reactive ketones (excluding diaryl/α,β-unsaturated/α-hetero) is 1. The Morgan fingerprint density at radius 2 is 2.27 bits per heavy atom. The van der Waals surface area contributed by atoms with E-state index in [1.54, 1.807) is 6.07 Å². The van der Waals surface area contributed by atoms with Gasteiger partial charge in [0.25, 0.3) is 0 Å². The Hall–Kier alpha value is -1.09. The predicted octanol–water partition coefficient (Wildman–Crippen LogP) is 1.52. The van der Waals surface area contributed by atoms with Crippen LogP contribution in [0.15, 0.2) is 12.1 Å². The fourth-order valence-electron chi connectivity index (χ4n) is 0.748. The highest BCUT2D eigenvalue weighted by Gasteiger charge is 2.04. The first kappa shape index (κ1) is 8.01. The first-order chi connectivity index (χ1) is 5.11. The molecule has 1 aromatic heterocycles. The first-order valence-corrected chi connectivity index (χ1v) is 3.42. The van der Waals surface area contributed by atoms with Gasteiger partial charge in [0.1, 0.15) is 11.0 Å². The molecule has 0 radical (unpaired) electrons. The molecular weight excluding hydrogens is 164 g/mol. The van der Waals surface area contributed by atoms with E-state index in [1.165, 1.54) is 13.0 Å². The third-order valence-corrected chi connectivity index (χ3v) is 1.48. The number of halogens is 1. The van der Waals surface area contributed by atoms with Crippen LogP contribution in [0.4, 0.5) is 5.82 Å². The molecule has 58 valence electrons. The molecule has 3 nitrogen and oxygen atoms in total. The van der Waals surface area contributed by atoms with Gasteiger partial charge >= 0.3 is 0 Å². The molecule has 1 aromatic rings. The summed E-state index contributed by atoms with van der Waals surface area (Å²) in [4.78, 5) is 14.5. The third-order valence-electron chi connectivity index (χ3n) is 1.27. The summed E-state index contributed by atoms with van der Waals surface area (Å²) < 4.78 is 0. The molecule has 0 aromatic carbocycles. The average Bonchev–Trinajstić information content (AvgIpc) is 1.85. The van der Waals surface area contributed by atoms with E-state index in [2.05, 4.69) is 4.98 Å². The summed E-state index contributed by atoms with van der Waals surface area (Å²) in [7, 11) is 0. The van der Waals surface area contributed by atoms with Crippen LogP contribution in [0.2, 0.25) is 5.15 Å². The number of ketones is 1. The third kappa shape index (κ3) is 1.68. The van der Waals surface area contributed by atoms with Gasteiger partial charge in [-0.25, -0.2) is 4.98 Å². The second-order valence-electron chi connectivity index (χ2n) is 2.12. The van der Waals surface area contributed by atoms with Crippen molar-refractivity contribution in [3.05, 3.63) is 22.8 Å². The van der Waals surface area contributed by atoms with Crippen LogP contribution < -0.4 is 5.73 Å².